The molecule has 0 aliphatic heterocycles. The van der Waals surface area contributed by atoms with Gasteiger partial charge in [0.25, 0.3) is 20.2 Å². The maximum Gasteiger partial charge on any atom is 0.294 e. The monoisotopic (exact) mass is 772 g/mol. The maximum atomic E-state index is 12.4. The van der Waals surface area contributed by atoms with Gasteiger partial charge < -0.3 is 10.6 Å². The lowest BCUT2D eigenvalue weighted by Gasteiger charge is -2.11. The van der Waals surface area contributed by atoms with Gasteiger partial charge in [-0.1, -0.05) is 70.3 Å². The van der Waals surface area contributed by atoms with E-state index in [9.17, 15) is 26.4 Å². The largest absolute Gasteiger partial charge is 0.323 e. The first-order chi connectivity index (χ1) is 22.0. The van der Waals surface area contributed by atoms with Crippen molar-refractivity contribution in [2.45, 2.75) is 19.6 Å². The predicted molar refractivity (Wildman–Crippen MR) is 185 cm³/mol. The van der Waals surface area contributed by atoms with Gasteiger partial charge in [-0.05, 0) is 83.9 Å². The van der Waals surface area contributed by atoms with Gasteiger partial charge in [0.2, 0.25) is 11.8 Å². The van der Waals surface area contributed by atoms with Crippen molar-refractivity contribution in [3.63, 3.8) is 0 Å². The molecule has 0 fully saturated rings. The van der Waals surface area contributed by atoms with Crippen molar-refractivity contribution >= 4 is 114 Å². The van der Waals surface area contributed by atoms with Crippen molar-refractivity contribution in [1.82, 2.24) is 0 Å². The van der Waals surface area contributed by atoms with Crippen LogP contribution in [0, 0.1) is 0 Å². The molecule has 10 nitrogen and oxygen atoms in total. The molecule has 0 saturated heterocycles. The number of hydrogen-bond acceptors (Lipinski definition) is 7. The molecule has 0 aliphatic carbocycles. The Bertz CT molecular complexity index is 1990. The highest BCUT2D eigenvalue weighted by Gasteiger charge is 2.15. The highest BCUT2D eigenvalue weighted by molar-refractivity contribution is 7.99. The van der Waals surface area contributed by atoms with E-state index in [4.69, 9.17) is 55.5 Å². The molecule has 0 saturated carbocycles. The Hall–Kier alpha value is -3.37. The number of rotatable bonds is 10. The lowest BCUT2D eigenvalue weighted by molar-refractivity contribution is -0.112. The summed E-state index contributed by atoms with van der Waals surface area (Å²) in [6.45, 7) is 0. The molecule has 0 atom stereocenters. The van der Waals surface area contributed by atoms with Crippen molar-refractivity contribution < 1.29 is 35.5 Å². The SMILES string of the molecule is O=C(/C=C/c1ccc(Sc2ccc(/C=C/C(=O)Nc3ccc(S(=O)(=O)O)cc3)c(Cl)c2Cl)c(Cl)c1Cl)Nc1ccc(S(=O)(=O)O)cc1. The van der Waals surface area contributed by atoms with Gasteiger partial charge in [-0.15, -0.1) is 0 Å². The van der Waals surface area contributed by atoms with Crippen LogP contribution in [0.3, 0.4) is 0 Å². The van der Waals surface area contributed by atoms with Crippen molar-refractivity contribution in [2.75, 3.05) is 10.6 Å². The molecule has 4 aromatic carbocycles. The van der Waals surface area contributed by atoms with E-state index in [-0.39, 0.29) is 29.9 Å². The minimum Gasteiger partial charge on any atom is -0.323 e. The first-order valence-corrected chi connectivity index (χ1v) is 18.0. The van der Waals surface area contributed by atoms with Crippen molar-refractivity contribution in [2.24, 2.45) is 0 Å². The van der Waals surface area contributed by atoms with Crippen LogP contribution in [0.5, 0.6) is 0 Å². The Morgan fingerprint density at radius 2 is 0.894 bits per heavy atom. The van der Waals surface area contributed by atoms with Crippen LogP contribution in [0.1, 0.15) is 11.1 Å². The third-order valence-corrected chi connectivity index (χ3v) is 10.9. The second-order valence-electron chi connectivity index (χ2n) is 9.31. The molecule has 47 heavy (non-hydrogen) atoms. The molecule has 0 unspecified atom stereocenters. The fourth-order valence-corrected chi connectivity index (χ4v) is 6.74. The summed E-state index contributed by atoms with van der Waals surface area (Å²) in [5.41, 5.74) is 1.48. The van der Waals surface area contributed by atoms with Gasteiger partial charge in [0.15, 0.2) is 0 Å². The Morgan fingerprint density at radius 1 is 0.553 bits per heavy atom. The van der Waals surface area contributed by atoms with Crippen LogP contribution in [0.4, 0.5) is 11.4 Å². The Balaban J connectivity index is 1.40. The summed E-state index contributed by atoms with van der Waals surface area (Å²) in [6.07, 6.45) is 5.31. The number of carbonyl (C=O) groups is 2. The van der Waals surface area contributed by atoms with Gasteiger partial charge in [0, 0.05) is 33.3 Å². The molecule has 0 radical (unpaired) electrons. The van der Waals surface area contributed by atoms with Gasteiger partial charge in [-0.25, -0.2) is 0 Å². The number of nitrogens with one attached hydrogen (secondary N) is 2. The summed E-state index contributed by atoms with van der Waals surface area (Å²) in [7, 11) is -8.71. The zero-order valence-corrected chi connectivity index (χ0v) is 28.8. The van der Waals surface area contributed by atoms with Crippen molar-refractivity contribution in [3.8, 4) is 0 Å². The number of carbonyl (C=O) groups excluding carboxylic acids is 2. The number of benzene rings is 4. The predicted octanol–water partition coefficient (Wildman–Crippen LogP) is 8.25. The lowest BCUT2D eigenvalue weighted by atomic mass is 10.2. The second kappa shape index (κ2) is 15.2. The van der Waals surface area contributed by atoms with Crippen LogP contribution < -0.4 is 10.6 Å². The molecule has 0 spiro atoms. The first-order valence-electron chi connectivity index (χ1n) is 12.8. The van der Waals surface area contributed by atoms with Crippen LogP contribution in [0.15, 0.2) is 105 Å². The van der Waals surface area contributed by atoms with Crippen molar-refractivity contribution in [1.29, 1.82) is 0 Å². The third kappa shape index (κ3) is 9.83. The van der Waals surface area contributed by atoms with Gasteiger partial charge in [0.1, 0.15) is 0 Å². The number of anilines is 2. The summed E-state index contributed by atoms with van der Waals surface area (Å²) in [6, 6.07) is 16.5. The summed E-state index contributed by atoms with van der Waals surface area (Å²) < 4.78 is 62.8. The third-order valence-electron chi connectivity index (χ3n) is 6.04. The molecule has 0 bridgehead atoms. The minimum absolute atomic E-state index is 0.165. The molecular weight excluding hydrogens is 754 g/mol. The molecule has 4 rings (SSSR count). The summed E-state index contributed by atoms with van der Waals surface area (Å²) in [5.74, 6) is -1.06. The zero-order chi connectivity index (χ0) is 34.5. The quantitative estimate of drug-likeness (QED) is 0.0917. The highest BCUT2D eigenvalue weighted by atomic mass is 35.5. The van der Waals surface area contributed by atoms with Crippen LogP contribution in [-0.4, -0.2) is 37.8 Å². The number of halogens is 4. The molecule has 17 heteroatoms. The molecular formula is C30H20Cl4N2O8S3. The minimum atomic E-state index is -4.35. The van der Waals surface area contributed by atoms with Gasteiger partial charge in [-0.2, -0.15) is 16.8 Å². The standard InChI is InChI=1S/C30H20Cl4N2O8S3/c31-27-17(3-15-25(37)35-19-5-9-21(10-6-19)46(39,40)41)1-13-23(29(27)33)45-24-14-2-18(28(32)30(24)34)4-16-26(38)36-20-7-11-22(12-8-20)47(42,43)44/h1-16H,(H,35,37)(H,36,38)(H,39,40,41)(H,42,43,44)/b15-3+,16-4+. The van der Waals surface area contributed by atoms with E-state index >= 15 is 0 Å². The average Bonchev–Trinajstić information content (AvgIpc) is 3.00. The summed E-state index contributed by atoms with van der Waals surface area (Å²) in [4.78, 5) is 25.2. The average molecular weight is 775 g/mol. The normalized spacial score (nSPS) is 12.0. The fourth-order valence-electron chi connectivity index (χ4n) is 3.75. The number of amides is 2. The maximum absolute atomic E-state index is 12.4. The van der Waals surface area contributed by atoms with E-state index in [0.29, 0.717) is 32.3 Å². The smallest absolute Gasteiger partial charge is 0.294 e. The van der Waals surface area contributed by atoms with Crippen molar-refractivity contribution in [3.05, 3.63) is 116 Å². The Kier molecular flexibility index (Phi) is 11.8. The molecule has 0 aliphatic rings. The Morgan fingerprint density at radius 3 is 1.21 bits per heavy atom. The van der Waals surface area contributed by atoms with Crippen LogP contribution in [0.2, 0.25) is 20.1 Å². The topological polar surface area (TPSA) is 167 Å². The molecule has 244 valence electrons. The van der Waals surface area contributed by atoms with E-state index in [2.05, 4.69) is 10.6 Å². The summed E-state index contributed by atoms with van der Waals surface area (Å²) in [5, 5.41) is 5.82. The summed E-state index contributed by atoms with van der Waals surface area (Å²) >= 11 is 27.2. The fraction of sp³-hybridized carbons (Fsp3) is 0. The van der Waals surface area contributed by atoms with E-state index in [0.717, 1.165) is 24.3 Å². The molecule has 4 aromatic rings. The number of hydrogen-bond donors (Lipinski definition) is 4. The van der Waals surface area contributed by atoms with Crippen LogP contribution >= 0.6 is 58.2 Å². The molecule has 2 amide bonds. The van der Waals surface area contributed by atoms with E-state index in [1.54, 1.807) is 24.3 Å². The van der Waals surface area contributed by atoms with Gasteiger partial charge >= 0.3 is 0 Å². The van der Waals surface area contributed by atoms with E-state index in [1.165, 1.54) is 60.3 Å². The van der Waals surface area contributed by atoms with E-state index < -0.39 is 32.1 Å². The first kappa shape index (κ1) is 36.5. The van der Waals surface area contributed by atoms with Gasteiger partial charge in [-0.3, -0.25) is 18.7 Å². The van der Waals surface area contributed by atoms with Gasteiger partial charge in [0.05, 0.1) is 29.9 Å². The van der Waals surface area contributed by atoms with Crippen LogP contribution in [-0.2, 0) is 29.8 Å². The zero-order valence-electron chi connectivity index (χ0n) is 23.3. The molecule has 4 N–H and O–H groups in total. The van der Waals surface area contributed by atoms with E-state index in [1.807, 2.05) is 0 Å². The molecule has 0 heterocycles. The van der Waals surface area contributed by atoms with Crippen LogP contribution in [0.25, 0.3) is 12.2 Å². The Labute approximate surface area is 293 Å². The lowest BCUT2D eigenvalue weighted by Crippen LogP contribution is -2.08. The molecule has 0 aromatic heterocycles. The highest BCUT2D eigenvalue weighted by Crippen LogP contribution is 2.44. The second-order valence-corrected chi connectivity index (χ2v) is 14.7.